The summed E-state index contributed by atoms with van der Waals surface area (Å²) >= 11 is 3.47. The fourth-order valence-corrected chi connectivity index (χ4v) is 2.44. The zero-order valence-electron chi connectivity index (χ0n) is 10.0. The SMILES string of the molecule is Cc1cc(-c2ccc(Br)cc2)c2ccccc2n1. The van der Waals surface area contributed by atoms with E-state index in [2.05, 4.69) is 69.4 Å². The Hall–Kier alpha value is -1.67. The van der Waals surface area contributed by atoms with E-state index in [1.165, 1.54) is 16.5 Å². The van der Waals surface area contributed by atoms with Crippen LogP contribution in [-0.2, 0) is 0 Å². The van der Waals surface area contributed by atoms with Gasteiger partial charge in [-0.1, -0.05) is 46.3 Å². The van der Waals surface area contributed by atoms with E-state index in [4.69, 9.17) is 0 Å². The van der Waals surface area contributed by atoms with Crippen molar-refractivity contribution in [3.05, 3.63) is 64.8 Å². The minimum atomic E-state index is 1.05. The van der Waals surface area contributed by atoms with Crippen molar-refractivity contribution < 1.29 is 0 Å². The van der Waals surface area contributed by atoms with Crippen molar-refractivity contribution in [1.29, 1.82) is 0 Å². The molecule has 0 atom stereocenters. The van der Waals surface area contributed by atoms with Gasteiger partial charge in [0.25, 0.3) is 0 Å². The van der Waals surface area contributed by atoms with E-state index in [1.54, 1.807) is 0 Å². The van der Waals surface area contributed by atoms with E-state index in [-0.39, 0.29) is 0 Å². The molecule has 0 aliphatic heterocycles. The molecule has 3 aromatic rings. The fourth-order valence-electron chi connectivity index (χ4n) is 2.18. The van der Waals surface area contributed by atoms with Crippen molar-refractivity contribution in [2.75, 3.05) is 0 Å². The summed E-state index contributed by atoms with van der Waals surface area (Å²) < 4.78 is 1.10. The highest BCUT2D eigenvalue weighted by molar-refractivity contribution is 9.10. The number of aryl methyl sites for hydroxylation is 1. The first-order valence-electron chi connectivity index (χ1n) is 5.86. The molecule has 0 radical (unpaired) electrons. The monoisotopic (exact) mass is 297 g/mol. The van der Waals surface area contributed by atoms with E-state index in [0.29, 0.717) is 0 Å². The normalized spacial score (nSPS) is 10.8. The van der Waals surface area contributed by atoms with Crippen molar-refractivity contribution in [3.8, 4) is 11.1 Å². The standard InChI is InChI=1S/C16H12BrN/c1-11-10-15(12-6-8-13(17)9-7-12)14-4-2-3-5-16(14)18-11/h2-10H,1H3. The van der Waals surface area contributed by atoms with Crippen LogP contribution in [0, 0.1) is 6.92 Å². The van der Waals surface area contributed by atoms with Crippen molar-refractivity contribution >= 4 is 26.8 Å². The summed E-state index contributed by atoms with van der Waals surface area (Å²) in [7, 11) is 0. The van der Waals surface area contributed by atoms with Gasteiger partial charge >= 0.3 is 0 Å². The van der Waals surface area contributed by atoms with E-state index in [0.717, 1.165) is 15.7 Å². The van der Waals surface area contributed by atoms with E-state index >= 15 is 0 Å². The average Bonchev–Trinajstić information content (AvgIpc) is 2.38. The van der Waals surface area contributed by atoms with Crippen molar-refractivity contribution in [2.45, 2.75) is 6.92 Å². The molecule has 0 saturated heterocycles. The number of halogens is 1. The van der Waals surface area contributed by atoms with Crippen LogP contribution in [0.15, 0.2) is 59.1 Å². The molecule has 3 rings (SSSR count). The highest BCUT2D eigenvalue weighted by Crippen LogP contribution is 2.29. The third kappa shape index (κ3) is 2.04. The van der Waals surface area contributed by atoms with E-state index < -0.39 is 0 Å². The highest BCUT2D eigenvalue weighted by Gasteiger charge is 2.05. The number of nitrogens with zero attached hydrogens (tertiary/aromatic N) is 1. The molecule has 1 nitrogen and oxygen atoms in total. The summed E-state index contributed by atoms with van der Waals surface area (Å²) in [4.78, 5) is 4.57. The minimum absolute atomic E-state index is 1.05. The summed E-state index contributed by atoms with van der Waals surface area (Å²) in [6.45, 7) is 2.04. The van der Waals surface area contributed by atoms with Gasteiger partial charge < -0.3 is 0 Å². The van der Waals surface area contributed by atoms with Crippen LogP contribution in [-0.4, -0.2) is 4.98 Å². The van der Waals surface area contributed by atoms with Gasteiger partial charge in [-0.05, 0) is 42.3 Å². The van der Waals surface area contributed by atoms with Gasteiger partial charge in [-0.2, -0.15) is 0 Å². The van der Waals surface area contributed by atoms with Gasteiger partial charge in [0.15, 0.2) is 0 Å². The van der Waals surface area contributed by atoms with Crippen LogP contribution in [0.1, 0.15) is 5.69 Å². The van der Waals surface area contributed by atoms with Gasteiger partial charge in [0.2, 0.25) is 0 Å². The molecule has 0 unspecified atom stereocenters. The number of pyridine rings is 1. The molecular weight excluding hydrogens is 286 g/mol. The molecule has 0 spiro atoms. The smallest absolute Gasteiger partial charge is 0.0711 e. The predicted octanol–water partition coefficient (Wildman–Crippen LogP) is 4.97. The Morgan fingerprint density at radius 2 is 1.67 bits per heavy atom. The molecule has 18 heavy (non-hydrogen) atoms. The molecule has 0 amide bonds. The molecule has 0 aliphatic rings. The quantitative estimate of drug-likeness (QED) is 0.618. The van der Waals surface area contributed by atoms with Crippen LogP contribution in [0.4, 0.5) is 0 Å². The maximum atomic E-state index is 4.57. The number of aromatic nitrogens is 1. The van der Waals surface area contributed by atoms with Crippen LogP contribution in [0.2, 0.25) is 0 Å². The van der Waals surface area contributed by atoms with Gasteiger partial charge in [-0.25, -0.2) is 0 Å². The van der Waals surface area contributed by atoms with Gasteiger partial charge in [0, 0.05) is 15.6 Å². The second-order valence-corrected chi connectivity index (χ2v) is 5.25. The summed E-state index contributed by atoms with van der Waals surface area (Å²) in [5.41, 5.74) is 4.56. The summed E-state index contributed by atoms with van der Waals surface area (Å²) in [5.74, 6) is 0. The van der Waals surface area contributed by atoms with Crippen molar-refractivity contribution in [2.24, 2.45) is 0 Å². The van der Waals surface area contributed by atoms with Crippen LogP contribution in [0.5, 0.6) is 0 Å². The highest BCUT2D eigenvalue weighted by atomic mass is 79.9. The third-order valence-corrected chi connectivity index (χ3v) is 3.53. The lowest BCUT2D eigenvalue weighted by molar-refractivity contribution is 1.26. The second kappa shape index (κ2) is 4.54. The number of benzene rings is 2. The van der Waals surface area contributed by atoms with Crippen LogP contribution < -0.4 is 0 Å². The maximum absolute atomic E-state index is 4.57. The lowest BCUT2D eigenvalue weighted by Gasteiger charge is -2.08. The number of para-hydroxylation sites is 1. The molecule has 88 valence electrons. The van der Waals surface area contributed by atoms with Crippen molar-refractivity contribution in [3.63, 3.8) is 0 Å². The minimum Gasteiger partial charge on any atom is -0.253 e. The van der Waals surface area contributed by atoms with Gasteiger partial charge in [-0.3, -0.25) is 4.98 Å². The van der Waals surface area contributed by atoms with Gasteiger partial charge in [0.1, 0.15) is 0 Å². The maximum Gasteiger partial charge on any atom is 0.0711 e. The largest absolute Gasteiger partial charge is 0.253 e. The topological polar surface area (TPSA) is 12.9 Å². The van der Waals surface area contributed by atoms with E-state index in [9.17, 15) is 0 Å². The number of rotatable bonds is 1. The average molecular weight is 298 g/mol. The Morgan fingerprint density at radius 1 is 0.944 bits per heavy atom. The Bertz CT molecular complexity index is 702. The molecule has 0 bridgehead atoms. The number of hydrogen-bond acceptors (Lipinski definition) is 1. The molecule has 0 N–H and O–H groups in total. The second-order valence-electron chi connectivity index (χ2n) is 4.34. The third-order valence-electron chi connectivity index (χ3n) is 3.00. The Morgan fingerprint density at radius 3 is 2.44 bits per heavy atom. The Kier molecular flexibility index (Phi) is 2.88. The molecule has 0 saturated carbocycles. The molecule has 0 aliphatic carbocycles. The molecule has 2 aromatic carbocycles. The van der Waals surface area contributed by atoms with Gasteiger partial charge in [-0.15, -0.1) is 0 Å². The molecule has 2 heteroatoms. The molecular formula is C16H12BrN. The Balaban J connectivity index is 2.31. The lowest BCUT2D eigenvalue weighted by Crippen LogP contribution is -1.88. The zero-order valence-corrected chi connectivity index (χ0v) is 11.6. The van der Waals surface area contributed by atoms with E-state index in [1.807, 2.05) is 13.0 Å². The van der Waals surface area contributed by atoms with Crippen LogP contribution >= 0.6 is 15.9 Å². The van der Waals surface area contributed by atoms with Crippen LogP contribution in [0.3, 0.4) is 0 Å². The predicted molar refractivity (Wildman–Crippen MR) is 79.6 cm³/mol. The summed E-state index contributed by atoms with van der Waals surface area (Å²) in [6.07, 6.45) is 0. The lowest BCUT2D eigenvalue weighted by atomic mass is 10.0. The zero-order chi connectivity index (χ0) is 12.5. The molecule has 1 heterocycles. The fraction of sp³-hybridized carbons (Fsp3) is 0.0625. The number of hydrogen-bond donors (Lipinski definition) is 0. The summed E-state index contributed by atoms with van der Waals surface area (Å²) in [5, 5.41) is 1.20. The summed E-state index contributed by atoms with van der Waals surface area (Å²) in [6, 6.07) is 18.8. The first kappa shape index (κ1) is 11.4. The van der Waals surface area contributed by atoms with Crippen LogP contribution in [0.25, 0.3) is 22.0 Å². The van der Waals surface area contributed by atoms with Crippen molar-refractivity contribution in [1.82, 2.24) is 4.98 Å². The first-order valence-corrected chi connectivity index (χ1v) is 6.66. The first-order chi connectivity index (χ1) is 8.74. The molecule has 1 aromatic heterocycles. The molecule has 0 fully saturated rings. The number of fused-ring (bicyclic) bond motifs is 1. The Labute approximate surface area is 115 Å². The van der Waals surface area contributed by atoms with Gasteiger partial charge in [0.05, 0.1) is 5.52 Å².